The van der Waals surface area contributed by atoms with Crippen molar-refractivity contribution in [2.45, 2.75) is 45.7 Å². The van der Waals surface area contributed by atoms with Crippen molar-refractivity contribution >= 4 is 30.7 Å². The maximum atomic E-state index is 12.4. The summed E-state index contributed by atoms with van der Waals surface area (Å²) >= 11 is 0. The Labute approximate surface area is 133 Å². The van der Waals surface area contributed by atoms with E-state index in [9.17, 15) is 4.79 Å². The van der Waals surface area contributed by atoms with Crippen molar-refractivity contribution in [3.05, 3.63) is 18.0 Å². The van der Waals surface area contributed by atoms with Crippen LogP contribution in [0.15, 0.2) is 12.4 Å². The van der Waals surface area contributed by atoms with Crippen molar-refractivity contribution in [2.24, 2.45) is 12.8 Å². The Morgan fingerprint density at radius 2 is 2.05 bits per heavy atom. The number of hydrogen-bond acceptors (Lipinski definition) is 3. The smallest absolute Gasteiger partial charge is 0.242 e. The van der Waals surface area contributed by atoms with E-state index < -0.39 is 5.54 Å². The van der Waals surface area contributed by atoms with Gasteiger partial charge in [-0.15, -0.1) is 24.8 Å². The highest BCUT2D eigenvalue weighted by atomic mass is 35.5. The van der Waals surface area contributed by atoms with Crippen molar-refractivity contribution in [1.29, 1.82) is 0 Å². The van der Waals surface area contributed by atoms with Gasteiger partial charge < -0.3 is 10.6 Å². The second-order valence-electron chi connectivity index (χ2n) is 5.01. The molecule has 0 saturated heterocycles. The third-order valence-corrected chi connectivity index (χ3v) is 3.06. The molecule has 2 N–H and O–H groups in total. The van der Waals surface area contributed by atoms with Gasteiger partial charge in [-0.25, -0.2) is 0 Å². The molecule has 0 spiro atoms. The van der Waals surface area contributed by atoms with Crippen LogP contribution in [-0.4, -0.2) is 32.7 Å². The molecule has 0 aliphatic heterocycles. The fourth-order valence-electron chi connectivity index (χ4n) is 2.09. The number of amides is 1. The number of hydrogen-bond donors (Lipinski definition) is 1. The van der Waals surface area contributed by atoms with E-state index in [4.69, 9.17) is 5.73 Å². The summed E-state index contributed by atoms with van der Waals surface area (Å²) in [5, 5.41) is 4.11. The van der Waals surface area contributed by atoms with Crippen LogP contribution < -0.4 is 5.73 Å². The van der Waals surface area contributed by atoms with Crippen molar-refractivity contribution in [3.8, 4) is 0 Å². The van der Waals surface area contributed by atoms with Crippen molar-refractivity contribution in [2.75, 3.05) is 6.54 Å². The molecule has 0 radical (unpaired) electrons. The second-order valence-corrected chi connectivity index (χ2v) is 5.01. The third kappa shape index (κ3) is 5.69. The highest BCUT2D eigenvalue weighted by molar-refractivity contribution is 5.86. The van der Waals surface area contributed by atoms with E-state index >= 15 is 0 Å². The van der Waals surface area contributed by atoms with Crippen LogP contribution in [0.2, 0.25) is 0 Å². The standard InChI is InChI=1S/C13H24N4O.2ClH/c1-5-7-13(3,14)12(18)17(6-2)10-11-8-15-16(4)9-11;;/h8-9H,5-7,10,14H2,1-4H3;2*1H. The fraction of sp³-hybridized carbons (Fsp3) is 0.692. The molecule has 118 valence electrons. The summed E-state index contributed by atoms with van der Waals surface area (Å²) < 4.78 is 1.74. The topological polar surface area (TPSA) is 64.2 Å². The Morgan fingerprint density at radius 1 is 1.45 bits per heavy atom. The van der Waals surface area contributed by atoms with E-state index in [0.717, 1.165) is 12.0 Å². The Kier molecular flexibility index (Phi) is 9.91. The van der Waals surface area contributed by atoms with E-state index in [1.807, 2.05) is 34.0 Å². The van der Waals surface area contributed by atoms with Crippen LogP contribution in [0, 0.1) is 0 Å². The molecule has 1 heterocycles. The number of halogens is 2. The first-order chi connectivity index (χ1) is 8.40. The van der Waals surface area contributed by atoms with Crippen LogP contribution in [0.3, 0.4) is 0 Å². The molecule has 1 aromatic rings. The summed E-state index contributed by atoms with van der Waals surface area (Å²) in [5.74, 6) is 0.00991. The van der Waals surface area contributed by atoms with Gasteiger partial charge in [0, 0.05) is 31.9 Å². The van der Waals surface area contributed by atoms with Crippen molar-refractivity contribution < 1.29 is 4.79 Å². The molecule has 1 aromatic heterocycles. The van der Waals surface area contributed by atoms with Gasteiger partial charge in [0.1, 0.15) is 0 Å². The summed E-state index contributed by atoms with van der Waals surface area (Å²) in [4.78, 5) is 14.2. The Morgan fingerprint density at radius 3 is 2.45 bits per heavy atom. The average Bonchev–Trinajstić information content (AvgIpc) is 2.70. The molecule has 0 aliphatic rings. The van der Waals surface area contributed by atoms with Crippen LogP contribution in [0.5, 0.6) is 0 Å². The molecule has 0 fully saturated rings. The van der Waals surface area contributed by atoms with Gasteiger partial charge >= 0.3 is 0 Å². The van der Waals surface area contributed by atoms with Crippen molar-refractivity contribution in [3.63, 3.8) is 0 Å². The van der Waals surface area contributed by atoms with E-state index in [-0.39, 0.29) is 30.7 Å². The normalized spacial score (nSPS) is 12.8. The molecular formula is C13H26Cl2N4O. The molecule has 1 amide bonds. The minimum Gasteiger partial charge on any atom is -0.337 e. The number of carbonyl (C=O) groups excluding carboxylic acids is 1. The largest absolute Gasteiger partial charge is 0.337 e. The number of likely N-dealkylation sites (N-methyl/N-ethyl adjacent to an activating group) is 1. The molecule has 0 aliphatic carbocycles. The van der Waals surface area contributed by atoms with Gasteiger partial charge in [0.2, 0.25) is 5.91 Å². The Hall–Kier alpha value is -0.780. The molecule has 0 saturated carbocycles. The highest BCUT2D eigenvalue weighted by Crippen LogP contribution is 2.15. The molecule has 0 aromatic carbocycles. The van der Waals surface area contributed by atoms with Crippen LogP contribution in [0.25, 0.3) is 0 Å². The third-order valence-electron chi connectivity index (χ3n) is 3.06. The maximum Gasteiger partial charge on any atom is 0.242 e. The molecule has 7 heteroatoms. The lowest BCUT2D eigenvalue weighted by Crippen LogP contribution is -2.52. The Balaban J connectivity index is 0. The SMILES string of the molecule is CCCC(C)(N)C(=O)N(CC)Cc1cnn(C)c1.Cl.Cl. The van der Waals surface area contributed by atoms with E-state index in [1.54, 1.807) is 15.8 Å². The lowest BCUT2D eigenvalue weighted by atomic mass is 9.95. The number of aromatic nitrogens is 2. The molecule has 1 unspecified atom stereocenters. The zero-order valence-corrected chi connectivity index (χ0v) is 14.3. The summed E-state index contributed by atoms with van der Waals surface area (Å²) in [6, 6.07) is 0. The van der Waals surface area contributed by atoms with Gasteiger partial charge in [-0.3, -0.25) is 9.48 Å². The number of rotatable bonds is 6. The number of nitrogens with zero attached hydrogens (tertiary/aromatic N) is 3. The number of carbonyl (C=O) groups is 1. The second kappa shape index (κ2) is 9.21. The molecule has 5 nitrogen and oxygen atoms in total. The minimum atomic E-state index is -0.771. The monoisotopic (exact) mass is 324 g/mol. The van der Waals surface area contributed by atoms with E-state index in [1.165, 1.54) is 0 Å². The number of nitrogens with two attached hydrogens (primary N) is 1. The van der Waals surface area contributed by atoms with E-state index in [0.29, 0.717) is 19.5 Å². The zero-order valence-electron chi connectivity index (χ0n) is 12.6. The predicted octanol–water partition coefficient (Wildman–Crippen LogP) is 2.13. The maximum absolute atomic E-state index is 12.4. The minimum absolute atomic E-state index is 0. The quantitative estimate of drug-likeness (QED) is 0.871. The van der Waals surface area contributed by atoms with Crippen LogP contribution in [0.4, 0.5) is 0 Å². The first-order valence-electron chi connectivity index (χ1n) is 6.46. The molecule has 0 bridgehead atoms. The average molecular weight is 325 g/mol. The summed E-state index contributed by atoms with van der Waals surface area (Å²) in [6.07, 6.45) is 5.31. The zero-order chi connectivity index (χ0) is 13.8. The van der Waals surface area contributed by atoms with Gasteiger partial charge in [0.05, 0.1) is 11.7 Å². The Bertz CT molecular complexity index is 407. The lowest BCUT2D eigenvalue weighted by Gasteiger charge is -2.30. The summed E-state index contributed by atoms with van der Waals surface area (Å²) in [7, 11) is 1.87. The summed E-state index contributed by atoms with van der Waals surface area (Å²) in [5.41, 5.74) is 6.35. The van der Waals surface area contributed by atoms with Crippen molar-refractivity contribution in [1.82, 2.24) is 14.7 Å². The molecular weight excluding hydrogens is 299 g/mol. The van der Waals surface area contributed by atoms with Gasteiger partial charge in [-0.05, 0) is 20.3 Å². The fourth-order valence-corrected chi connectivity index (χ4v) is 2.09. The molecule has 1 rings (SSSR count). The van der Waals surface area contributed by atoms with Crippen LogP contribution in [-0.2, 0) is 18.4 Å². The van der Waals surface area contributed by atoms with Gasteiger partial charge in [-0.1, -0.05) is 13.3 Å². The lowest BCUT2D eigenvalue weighted by molar-refractivity contribution is -0.137. The highest BCUT2D eigenvalue weighted by Gasteiger charge is 2.31. The van der Waals surface area contributed by atoms with Gasteiger partial charge in [0.25, 0.3) is 0 Å². The summed E-state index contributed by atoms with van der Waals surface area (Å²) in [6.45, 7) is 7.04. The first kappa shape index (κ1) is 21.5. The predicted molar refractivity (Wildman–Crippen MR) is 86.3 cm³/mol. The molecule has 20 heavy (non-hydrogen) atoms. The van der Waals surface area contributed by atoms with Crippen LogP contribution in [0.1, 0.15) is 39.2 Å². The number of aryl methyl sites for hydroxylation is 1. The van der Waals surface area contributed by atoms with E-state index in [2.05, 4.69) is 5.10 Å². The first-order valence-corrected chi connectivity index (χ1v) is 6.46. The van der Waals surface area contributed by atoms with Crippen LogP contribution >= 0.6 is 24.8 Å². The molecule has 1 atom stereocenters. The van der Waals surface area contributed by atoms with Gasteiger partial charge in [-0.2, -0.15) is 5.10 Å². The van der Waals surface area contributed by atoms with Gasteiger partial charge in [0.15, 0.2) is 0 Å².